The second-order valence-corrected chi connectivity index (χ2v) is 9.34. The van der Waals surface area contributed by atoms with Crippen molar-refractivity contribution in [1.29, 1.82) is 0 Å². The Morgan fingerprint density at radius 3 is 2.88 bits per heavy atom. The molecular formula is C27H28N2O4S. The van der Waals surface area contributed by atoms with Crippen molar-refractivity contribution in [3.8, 4) is 17.6 Å². The van der Waals surface area contributed by atoms with Crippen molar-refractivity contribution in [2.24, 2.45) is 11.8 Å². The molecule has 1 aromatic carbocycles. The van der Waals surface area contributed by atoms with Gasteiger partial charge >= 0.3 is 5.97 Å². The van der Waals surface area contributed by atoms with Gasteiger partial charge in [-0.1, -0.05) is 17.9 Å². The second-order valence-electron chi connectivity index (χ2n) is 8.40. The number of esters is 1. The minimum absolute atomic E-state index is 0.0495. The summed E-state index contributed by atoms with van der Waals surface area (Å²) in [6, 6.07) is 11.3. The van der Waals surface area contributed by atoms with Crippen LogP contribution in [-0.2, 0) is 9.53 Å². The number of methoxy groups -OCH3 is 2. The summed E-state index contributed by atoms with van der Waals surface area (Å²) in [6.07, 6.45) is 3.50. The van der Waals surface area contributed by atoms with E-state index in [1.807, 2.05) is 35.7 Å². The van der Waals surface area contributed by atoms with Crippen LogP contribution in [0.5, 0.6) is 5.75 Å². The maximum absolute atomic E-state index is 13.2. The lowest BCUT2D eigenvalue weighted by molar-refractivity contribution is -0.149. The molecule has 1 aliphatic heterocycles. The largest absolute Gasteiger partial charge is 0.497 e. The van der Waals surface area contributed by atoms with Crippen LogP contribution in [0.4, 0.5) is 0 Å². The maximum atomic E-state index is 13.2. The van der Waals surface area contributed by atoms with Crippen LogP contribution in [0.1, 0.15) is 34.5 Å². The Morgan fingerprint density at radius 2 is 2.12 bits per heavy atom. The Bertz CT molecular complexity index is 1210. The number of thiophene rings is 1. The molecule has 7 heteroatoms. The highest BCUT2D eigenvalue weighted by Gasteiger charge is 2.35. The number of aromatic nitrogens is 1. The summed E-state index contributed by atoms with van der Waals surface area (Å²) >= 11 is 1.62. The summed E-state index contributed by atoms with van der Waals surface area (Å²) in [5, 5.41) is 2.80. The molecule has 176 valence electrons. The highest BCUT2D eigenvalue weighted by molar-refractivity contribution is 7.10. The molecule has 0 amide bonds. The molecule has 34 heavy (non-hydrogen) atoms. The van der Waals surface area contributed by atoms with Crippen LogP contribution in [-0.4, -0.2) is 55.5 Å². The van der Waals surface area contributed by atoms with Crippen LogP contribution in [0.25, 0.3) is 10.9 Å². The van der Waals surface area contributed by atoms with Crippen molar-refractivity contribution in [1.82, 2.24) is 9.88 Å². The highest BCUT2D eigenvalue weighted by atomic mass is 32.1. The van der Waals surface area contributed by atoms with Crippen LogP contribution in [0.2, 0.25) is 0 Å². The number of likely N-dealkylation sites (tertiary alicyclic amines) is 1. The molecule has 0 unspecified atom stereocenters. The topological polar surface area (TPSA) is 68.7 Å². The number of fused-ring (bicyclic) bond motifs is 1. The van der Waals surface area contributed by atoms with Crippen LogP contribution in [0, 0.1) is 23.7 Å². The number of pyridine rings is 1. The van der Waals surface area contributed by atoms with E-state index in [-0.39, 0.29) is 23.6 Å². The average Bonchev–Trinajstić information content (AvgIpc) is 3.40. The number of piperidine rings is 1. The standard InChI is InChI=1S/C27H28N2O4S/c1-32-20-8-9-25-23(17-20)22(11-13-28-25)26(30)10-7-19-12-15-29(18-24(19)27(31)33-2)14-3-5-21-6-4-16-34-21/h4,6,8-9,11,13,16-17,19,24H,7,10,12,14-15,18H2,1-2H3/t19-,24+/m1/s1. The zero-order valence-corrected chi connectivity index (χ0v) is 20.3. The fourth-order valence-electron chi connectivity index (χ4n) is 4.51. The van der Waals surface area contributed by atoms with E-state index in [0.717, 1.165) is 28.7 Å². The monoisotopic (exact) mass is 476 g/mol. The molecule has 0 saturated carbocycles. The van der Waals surface area contributed by atoms with Gasteiger partial charge in [0.1, 0.15) is 5.75 Å². The van der Waals surface area contributed by atoms with E-state index in [1.54, 1.807) is 30.7 Å². The van der Waals surface area contributed by atoms with Gasteiger partial charge in [0.25, 0.3) is 0 Å². The van der Waals surface area contributed by atoms with E-state index in [4.69, 9.17) is 9.47 Å². The molecule has 0 aliphatic carbocycles. The molecule has 2 aromatic heterocycles. The van der Waals surface area contributed by atoms with Gasteiger partial charge in [0.2, 0.25) is 0 Å². The Labute approximate surface area is 203 Å². The first kappa shape index (κ1) is 23.9. The molecular weight excluding hydrogens is 448 g/mol. The van der Waals surface area contributed by atoms with Gasteiger partial charge in [-0.3, -0.25) is 19.5 Å². The van der Waals surface area contributed by atoms with Gasteiger partial charge in [0.15, 0.2) is 5.78 Å². The number of Topliss-reactive ketones (excluding diaryl/α,β-unsaturated/α-hetero) is 1. The lowest BCUT2D eigenvalue weighted by Gasteiger charge is -2.36. The third-order valence-electron chi connectivity index (χ3n) is 6.37. The van der Waals surface area contributed by atoms with Crippen molar-refractivity contribution in [2.45, 2.75) is 19.3 Å². The number of carbonyl (C=O) groups is 2. The third kappa shape index (κ3) is 5.64. The molecule has 1 fully saturated rings. The van der Waals surface area contributed by atoms with Crippen molar-refractivity contribution in [3.63, 3.8) is 0 Å². The molecule has 2 atom stereocenters. The molecule has 1 saturated heterocycles. The average molecular weight is 477 g/mol. The molecule has 3 heterocycles. The Morgan fingerprint density at radius 1 is 1.24 bits per heavy atom. The van der Waals surface area contributed by atoms with E-state index < -0.39 is 0 Å². The van der Waals surface area contributed by atoms with E-state index in [0.29, 0.717) is 37.2 Å². The van der Waals surface area contributed by atoms with E-state index in [2.05, 4.69) is 21.7 Å². The fraction of sp³-hybridized carbons (Fsp3) is 0.370. The zero-order chi connectivity index (χ0) is 23.9. The van der Waals surface area contributed by atoms with E-state index in [1.165, 1.54) is 7.11 Å². The van der Waals surface area contributed by atoms with E-state index >= 15 is 0 Å². The molecule has 0 N–H and O–H groups in total. The third-order valence-corrected chi connectivity index (χ3v) is 7.16. The number of rotatable bonds is 7. The number of nitrogens with zero attached hydrogens (tertiary/aromatic N) is 2. The zero-order valence-electron chi connectivity index (χ0n) is 19.5. The minimum atomic E-state index is -0.260. The first-order chi connectivity index (χ1) is 16.6. The first-order valence-corrected chi connectivity index (χ1v) is 12.3. The van der Waals surface area contributed by atoms with Crippen LogP contribution in [0.3, 0.4) is 0 Å². The second kappa shape index (κ2) is 11.3. The van der Waals surface area contributed by atoms with Gasteiger partial charge in [0, 0.05) is 30.1 Å². The first-order valence-electron chi connectivity index (χ1n) is 11.4. The van der Waals surface area contributed by atoms with Gasteiger partial charge in [-0.2, -0.15) is 0 Å². The smallest absolute Gasteiger partial charge is 0.310 e. The SMILES string of the molecule is COC(=O)[C@H]1CN(CC#Cc2cccs2)CC[C@H]1CCC(=O)c1ccnc2ccc(OC)cc12. The van der Waals surface area contributed by atoms with Gasteiger partial charge < -0.3 is 9.47 Å². The van der Waals surface area contributed by atoms with Crippen molar-refractivity contribution in [3.05, 3.63) is 58.4 Å². The highest BCUT2D eigenvalue weighted by Crippen LogP contribution is 2.30. The Hall–Kier alpha value is -3.21. The molecule has 3 aromatic rings. The van der Waals surface area contributed by atoms with Crippen LogP contribution < -0.4 is 4.74 Å². The summed E-state index contributed by atoms with van der Waals surface area (Å²) in [4.78, 5) is 33.3. The number of hydrogen-bond donors (Lipinski definition) is 0. The normalized spacial score (nSPS) is 18.2. The van der Waals surface area contributed by atoms with Gasteiger partial charge in [0.05, 0.1) is 37.1 Å². The molecule has 0 radical (unpaired) electrons. The van der Waals surface area contributed by atoms with E-state index in [9.17, 15) is 9.59 Å². The molecule has 0 bridgehead atoms. The quantitative estimate of drug-likeness (QED) is 0.286. The minimum Gasteiger partial charge on any atom is -0.497 e. The maximum Gasteiger partial charge on any atom is 0.310 e. The molecule has 4 rings (SSSR count). The molecule has 0 spiro atoms. The summed E-state index contributed by atoms with van der Waals surface area (Å²) in [5.41, 5.74) is 1.40. The predicted molar refractivity (Wildman–Crippen MR) is 133 cm³/mol. The van der Waals surface area contributed by atoms with Crippen LogP contribution >= 0.6 is 11.3 Å². The van der Waals surface area contributed by atoms with Crippen LogP contribution in [0.15, 0.2) is 48.0 Å². The van der Waals surface area contributed by atoms with Gasteiger partial charge in [-0.05, 0) is 61.0 Å². The molecule has 6 nitrogen and oxygen atoms in total. The van der Waals surface area contributed by atoms with Gasteiger partial charge in [-0.15, -0.1) is 11.3 Å². The van der Waals surface area contributed by atoms with Gasteiger partial charge in [-0.25, -0.2) is 0 Å². The summed E-state index contributed by atoms with van der Waals surface area (Å²) in [7, 11) is 3.03. The van der Waals surface area contributed by atoms with Crippen molar-refractivity contribution < 1.29 is 19.1 Å². The Balaban J connectivity index is 1.41. The lowest BCUT2D eigenvalue weighted by atomic mass is 9.81. The summed E-state index contributed by atoms with van der Waals surface area (Å²) < 4.78 is 10.4. The van der Waals surface area contributed by atoms with Crippen molar-refractivity contribution >= 4 is 34.0 Å². The molecule has 1 aliphatic rings. The lowest BCUT2D eigenvalue weighted by Crippen LogP contribution is -2.44. The number of carbonyl (C=O) groups excluding carboxylic acids is 2. The number of ether oxygens (including phenoxy) is 2. The Kier molecular flexibility index (Phi) is 7.94. The number of benzene rings is 1. The predicted octanol–water partition coefficient (Wildman–Crippen LogP) is 4.43. The summed E-state index contributed by atoms with van der Waals surface area (Å²) in [5.74, 6) is 6.75. The fourth-order valence-corrected chi connectivity index (χ4v) is 5.10. The summed E-state index contributed by atoms with van der Waals surface area (Å²) in [6.45, 7) is 2.06. The number of ketones is 1. The number of hydrogen-bond acceptors (Lipinski definition) is 7. The van der Waals surface area contributed by atoms with Crippen molar-refractivity contribution in [2.75, 3.05) is 33.9 Å².